The lowest BCUT2D eigenvalue weighted by Crippen LogP contribution is -1.83. The van der Waals surface area contributed by atoms with E-state index >= 15 is 0 Å². The van der Waals surface area contributed by atoms with Gasteiger partial charge < -0.3 is 9.97 Å². The van der Waals surface area contributed by atoms with E-state index in [1.54, 1.807) is 6.21 Å². The molecule has 0 aliphatic rings. The summed E-state index contributed by atoms with van der Waals surface area (Å²) in [6, 6.07) is 16.4. The molecule has 0 spiro atoms. The number of para-hydroxylation sites is 2. The number of nitrogens with zero attached hydrogens (tertiary/aromatic N) is 2. The molecule has 4 nitrogen and oxygen atoms in total. The number of fused-ring (bicyclic) bond motifs is 2. The van der Waals surface area contributed by atoms with Crippen molar-refractivity contribution in [1.29, 1.82) is 0 Å². The van der Waals surface area contributed by atoms with Gasteiger partial charge in [-0.2, -0.15) is 10.2 Å². The molecule has 4 rings (SSSR count). The molecule has 4 heteroatoms. The fourth-order valence-electron chi connectivity index (χ4n) is 2.78. The molecule has 23 heavy (non-hydrogen) atoms. The summed E-state index contributed by atoms with van der Waals surface area (Å²) in [5.41, 5.74) is 4.53. The quantitative estimate of drug-likeness (QED) is 0.417. The first-order chi connectivity index (χ1) is 11.4. The van der Waals surface area contributed by atoms with Gasteiger partial charge in [0.2, 0.25) is 0 Å². The highest BCUT2D eigenvalue weighted by molar-refractivity contribution is 5.99. The van der Waals surface area contributed by atoms with Crippen LogP contribution in [0, 0.1) is 0 Å². The van der Waals surface area contributed by atoms with Gasteiger partial charge in [0.1, 0.15) is 0 Å². The van der Waals surface area contributed by atoms with Gasteiger partial charge in [-0.1, -0.05) is 36.4 Å². The Labute approximate surface area is 133 Å². The number of aromatic amines is 2. The maximum Gasteiger partial charge on any atom is 0.0589 e. The monoisotopic (exact) mass is 300 g/mol. The third-order valence-electron chi connectivity index (χ3n) is 3.95. The van der Waals surface area contributed by atoms with E-state index in [9.17, 15) is 0 Å². The summed E-state index contributed by atoms with van der Waals surface area (Å²) in [7, 11) is 0. The molecule has 0 unspecified atom stereocenters. The molecule has 0 aliphatic heterocycles. The minimum atomic E-state index is 0.759. The lowest BCUT2D eigenvalue weighted by atomic mass is 10.1. The van der Waals surface area contributed by atoms with E-state index in [-0.39, 0.29) is 0 Å². The number of hydrogen-bond donors (Lipinski definition) is 2. The topological polar surface area (TPSA) is 56.3 Å². The fraction of sp³-hybridized carbons (Fsp3) is 0.0526. The van der Waals surface area contributed by atoms with Crippen molar-refractivity contribution in [2.24, 2.45) is 10.2 Å². The Kier molecular flexibility index (Phi) is 3.48. The average Bonchev–Trinajstić information content (AvgIpc) is 3.19. The molecule has 2 N–H and O–H groups in total. The lowest BCUT2D eigenvalue weighted by molar-refractivity contribution is 1.23. The first kappa shape index (κ1) is 13.5. The molecule has 0 saturated carbocycles. The highest BCUT2D eigenvalue weighted by atomic mass is 15.2. The summed E-state index contributed by atoms with van der Waals surface area (Å²) >= 11 is 0. The summed E-state index contributed by atoms with van der Waals surface area (Å²) in [5, 5.41) is 10.7. The molecule has 2 heterocycles. The second kappa shape index (κ2) is 5.93. The maximum absolute atomic E-state index is 4.16. The Morgan fingerprint density at radius 2 is 1.48 bits per heavy atom. The van der Waals surface area contributed by atoms with Crippen LogP contribution in [0.25, 0.3) is 21.8 Å². The highest BCUT2D eigenvalue weighted by Crippen LogP contribution is 2.17. The number of hydrogen-bond acceptors (Lipinski definition) is 2. The number of benzene rings is 2. The van der Waals surface area contributed by atoms with Crippen molar-refractivity contribution >= 4 is 34.2 Å². The summed E-state index contributed by atoms with van der Waals surface area (Å²) in [5.74, 6) is 0. The SMILES string of the molecule is C(Cc1c[nH]c2ccccc12)=NN=Cc1c[nH]c2ccccc12. The van der Waals surface area contributed by atoms with E-state index in [0.29, 0.717) is 0 Å². The third-order valence-corrected chi connectivity index (χ3v) is 3.95. The second-order valence-corrected chi connectivity index (χ2v) is 5.40. The Balaban J connectivity index is 1.47. The zero-order chi connectivity index (χ0) is 15.5. The van der Waals surface area contributed by atoms with Gasteiger partial charge in [-0.05, 0) is 17.7 Å². The summed E-state index contributed by atoms with van der Waals surface area (Å²) in [4.78, 5) is 6.49. The van der Waals surface area contributed by atoms with Crippen LogP contribution < -0.4 is 0 Å². The van der Waals surface area contributed by atoms with Crippen LogP contribution in [-0.2, 0) is 6.42 Å². The molecule has 0 saturated heterocycles. The van der Waals surface area contributed by atoms with E-state index < -0.39 is 0 Å². The largest absolute Gasteiger partial charge is 0.361 e. The van der Waals surface area contributed by atoms with Gasteiger partial charge in [0.15, 0.2) is 0 Å². The molecule has 0 fully saturated rings. The van der Waals surface area contributed by atoms with Gasteiger partial charge in [-0.25, -0.2) is 0 Å². The van der Waals surface area contributed by atoms with Crippen LogP contribution in [0.4, 0.5) is 0 Å². The van der Waals surface area contributed by atoms with Crippen molar-refractivity contribution in [2.45, 2.75) is 6.42 Å². The van der Waals surface area contributed by atoms with Gasteiger partial charge >= 0.3 is 0 Å². The Morgan fingerprint density at radius 1 is 0.783 bits per heavy atom. The lowest BCUT2D eigenvalue weighted by Gasteiger charge is -1.92. The van der Waals surface area contributed by atoms with E-state index in [1.165, 1.54) is 10.9 Å². The minimum absolute atomic E-state index is 0.759. The van der Waals surface area contributed by atoms with Gasteiger partial charge in [0, 0.05) is 52.4 Å². The minimum Gasteiger partial charge on any atom is -0.361 e. The van der Waals surface area contributed by atoms with Crippen molar-refractivity contribution in [3.8, 4) is 0 Å². The average molecular weight is 300 g/mol. The van der Waals surface area contributed by atoms with Crippen molar-refractivity contribution in [1.82, 2.24) is 9.97 Å². The predicted molar refractivity (Wildman–Crippen MR) is 96.4 cm³/mol. The molecule has 0 amide bonds. The molecule has 0 atom stereocenters. The molecule has 0 radical (unpaired) electrons. The fourth-order valence-corrected chi connectivity index (χ4v) is 2.78. The van der Waals surface area contributed by atoms with Crippen molar-refractivity contribution in [3.63, 3.8) is 0 Å². The van der Waals surface area contributed by atoms with Crippen LogP contribution in [0.15, 0.2) is 71.1 Å². The van der Waals surface area contributed by atoms with E-state index in [0.717, 1.165) is 28.4 Å². The van der Waals surface area contributed by atoms with Crippen molar-refractivity contribution in [3.05, 3.63) is 72.1 Å². The van der Waals surface area contributed by atoms with Crippen LogP contribution in [0.1, 0.15) is 11.1 Å². The molecular weight excluding hydrogens is 284 g/mol. The number of H-pyrrole nitrogens is 2. The number of rotatable bonds is 4. The van der Waals surface area contributed by atoms with Crippen LogP contribution in [0.2, 0.25) is 0 Å². The van der Waals surface area contributed by atoms with Gasteiger partial charge in [0.05, 0.1) is 6.21 Å². The predicted octanol–water partition coefficient (Wildman–Crippen LogP) is 4.30. The number of nitrogens with one attached hydrogen (secondary N) is 2. The van der Waals surface area contributed by atoms with Gasteiger partial charge in [-0.3, -0.25) is 0 Å². The van der Waals surface area contributed by atoms with Crippen molar-refractivity contribution < 1.29 is 0 Å². The molecule has 4 aromatic rings. The Hall–Kier alpha value is -3.14. The molecule has 2 aromatic carbocycles. The van der Waals surface area contributed by atoms with Crippen LogP contribution >= 0.6 is 0 Å². The smallest absolute Gasteiger partial charge is 0.0589 e. The first-order valence-corrected chi connectivity index (χ1v) is 7.58. The summed E-state index contributed by atoms with van der Waals surface area (Å²) < 4.78 is 0. The maximum atomic E-state index is 4.16. The summed E-state index contributed by atoms with van der Waals surface area (Å²) in [6.45, 7) is 0. The van der Waals surface area contributed by atoms with Gasteiger partial charge in [0.25, 0.3) is 0 Å². The molecule has 0 bridgehead atoms. The molecule has 2 aromatic heterocycles. The first-order valence-electron chi connectivity index (χ1n) is 7.58. The zero-order valence-electron chi connectivity index (χ0n) is 12.5. The van der Waals surface area contributed by atoms with E-state index in [4.69, 9.17) is 0 Å². The normalized spacial score (nSPS) is 12.2. The molecule has 0 aliphatic carbocycles. The molecular formula is C19H16N4. The third kappa shape index (κ3) is 2.66. The van der Waals surface area contributed by atoms with Gasteiger partial charge in [-0.15, -0.1) is 0 Å². The van der Waals surface area contributed by atoms with Crippen molar-refractivity contribution in [2.75, 3.05) is 0 Å². The Bertz CT molecular complexity index is 1000. The standard InChI is InChI=1S/C19H16N4/c1-3-7-18-16(5-1)14(11-20-18)9-10-22-23-13-15-12-21-19-8-4-2-6-17(15)19/h1-8,10-13,20-21H,9H2. The van der Waals surface area contributed by atoms with Crippen LogP contribution in [0.5, 0.6) is 0 Å². The van der Waals surface area contributed by atoms with Crippen LogP contribution in [0.3, 0.4) is 0 Å². The number of aromatic nitrogens is 2. The second-order valence-electron chi connectivity index (χ2n) is 5.40. The zero-order valence-corrected chi connectivity index (χ0v) is 12.5. The molecule has 112 valence electrons. The highest BCUT2D eigenvalue weighted by Gasteiger charge is 2.01. The van der Waals surface area contributed by atoms with E-state index in [2.05, 4.69) is 38.4 Å². The Morgan fingerprint density at radius 3 is 2.35 bits per heavy atom. The summed E-state index contributed by atoms with van der Waals surface area (Å²) in [6.07, 6.45) is 8.35. The van der Waals surface area contributed by atoms with Crippen LogP contribution in [-0.4, -0.2) is 22.4 Å². The van der Waals surface area contributed by atoms with E-state index in [1.807, 2.05) is 48.9 Å².